The van der Waals surface area contributed by atoms with Crippen molar-refractivity contribution in [3.63, 3.8) is 0 Å². The van der Waals surface area contributed by atoms with Crippen LogP contribution < -0.4 is 0 Å². The maximum absolute atomic E-state index is 11.4. The third-order valence-electron chi connectivity index (χ3n) is 2.93. The summed E-state index contributed by atoms with van der Waals surface area (Å²) in [6, 6.07) is 8.08. The second-order valence-corrected chi connectivity index (χ2v) is 5.83. The van der Waals surface area contributed by atoms with Crippen molar-refractivity contribution in [1.29, 1.82) is 0 Å². The first-order chi connectivity index (χ1) is 9.52. The van der Waals surface area contributed by atoms with Crippen molar-refractivity contribution in [1.82, 2.24) is 14.8 Å². The molecule has 0 spiro atoms. The van der Waals surface area contributed by atoms with Gasteiger partial charge in [0.25, 0.3) is 0 Å². The highest BCUT2D eigenvalue weighted by Crippen LogP contribution is 2.26. The Morgan fingerprint density at radius 3 is 2.80 bits per heavy atom. The molecule has 0 radical (unpaired) electrons. The molecule has 0 aliphatic carbocycles. The van der Waals surface area contributed by atoms with Crippen LogP contribution in [0.25, 0.3) is 11.4 Å². The molecule has 6 heteroatoms. The van der Waals surface area contributed by atoms with E-state index < -0.39 is 0 Å². The molecule has 5 nitrogen and oxygen atoms in total. The number of methoxy groups -OCH3 is 1. The molecule has 2 rings (SSSR count). The van der Waals surface area contributed by atoms with E-state index in [4.69, 9.17) is 4.74 Å². The molecule has 0 bridgehead atoms. The van der Waals surface area contributed by atoms with E-state index in [1.54, 1.807) is 6.92 Å². The highest BCUT2D eigenvalue weighted by Gasteiger charge is 2.19. The number of rotatable bonds is 4. The molecular weight excluding hydrogens is 274 g/mol. The van der Waals surface area contributed by atoms with E-state index in [9.17, 15) is 4.79 Å². The van der Waals surface area contributed by atoms with Gasteiger partial charge in [-0.2, -0.15) is 0 Å². The maximum Gasteiger partial charge on any atom is 0.318 e. The lowest BCUT2D eigenvalue weighted by Crippen LogP contribution is -2.15. The number of esters is 1. The van der Waals surface area contributed by atoms with Crippen LogP contribution in [0.2, 0.25) is 0 Å². The van der Waals surface area contributed by atoms with Crippen molar-refractivity contribution >= 4 is 17.7 Å². The number of aryl methyl sites for hydroxylation is 1. The average Bonchev–Trinajstić information content (AvgIpc) is 2.79. The smallest absolute Gasteiger partial charge is 0.318 e. The van der Waals surface area contributed by atoms with E-state index in [1.165, 1.54) is 24.4 Å². The summed E-state index contributed by atoms with van der Waals surface area (Å²) in [7, 11) is 3.28. The lowest BCUT2D eigenvalue weighted by Gasteiger charge is -2.08. The number of ether oxygens (including phenoxy) is 1. The normalized spacial score (nSPS) is 12.2. The van der Waals surface area contributed by atoms with E-state index in [-0.39, 0.29) is 11.2 Å². The molecule has 0 unspecified atom stereocenters. The topological polar surface area (TPSA) is 57.0 Å². The molecule has 0 saturated heterocycles. The molecule has 0 N–H and O–H groups in total. The molecule has 0 saturated carbocycles. The van der Waals surface area contributed by atoms with E-state index in [0.29, 0.717) is 5.16 Å². The number of carbonyl (C=O) groups excluding carboxylic acids is 1. The second kappa shape index (κ2) is 6.09. The van der Waals surface area contributed by atoms with Gasteiger partial charge in [0.1, 0.15) is 5.25 Å². The zero-order valence-corrected chi connectivity index (χ0v) is 12.8. The minimum Gasteiger partial charge on any atom is -0.468 e. The summed E-state index contributed by atoms with van der Waals surface area (Å²) in [4.78, 5) is 11.4. The molecule has 2 aromatic rings. The molecule has 0 amide bonds. The Kier molecular flexibility index (Phi) is 4.44. The largest absolute Gasteiger partial charge is 0.468 e. The predicted octanol–water partition coefficient (Wildman–Crippen LogP) is 2.44. The van der Waals surface area contributed by atoms with E-state index in [1.807, 2.05) is 36.7 Å². The Bertz CT molecular complexity index is 625. The van der Waals surface area contributed by atoms with Gasteiger partial charge in [-0.05, 0) is 19.9 Å². The van der Waals surface area contributed by atoms with Crippen LogP contribution in [0.1, 0.15) is 12.5 Å². The summed E-state index contributed by atoms with van der Waals surface area (Å²) in [5.74, 6) is 0.517. The Balaban J connectivity index is 2.25. The molecule has 20 heavy (non-hydrogen) atoms. The minimum absolute atomic E-state index is 0.268. The van der Waals surface area contributed by atoms with Gasteiger partial charge in [0.05, 0.1) is 7.11 Å². The van der Waals surface area contributed by atoms with Gasteiger partial charge in [0.2, 0.25) is 0 Å². The minimum atomic E-state index is -0.312. The van der Waals surface area contributed by atoms with Gasteiger partial charge in [-0.25, -0.2) is 0 Å². The van der Waals surface area contributed by atoms with Crippen LogP contribution in [-0.2, 0) is 16.6 Å². The number of nitrogens with zero attached hydrogens (tertiary/aromatic N) is 3. The van der Waals surface area contributed by atoms with E-state index in [0.717, 1.165) is 11.4 Å². The van der Waals surface area contributed by atoms with E-state index in [2.05, 4.69) is 16.3 Å². The van der Waals surface area contributed by atoms with Crippen LogP contribution in [0.4, 0.5) is 0 Å². The third kappa shape index (κ3) is 3.01. The SMILES string of the molecule is COC(=O)[C@H](C)Sc1nnc(-c2cccc(C)c2)n1C. The van der Waals surface area contributed by atoms with Crippen molar-refractivity contribution in [2.45, 2.75) is 24.3 Å². The van der Waals surface area contributed by atoms with Crippen LogP contribution in [0.3, 0.4) is 0 Å². The first kappa shape index (κ1) is 14.6. The lowest BCUT2D eigenvalue weighted by molar-refractivity contribution is -0.139. The molecule has 1 heterocycles. The average molecular weight is 291 g/mol. The van der Waals surface area contributed by atoms with Crippen LogP contribution in [0.15, 0.2) is 29.4 Å². The Morgan fingerprint density at radius 1 is 1.40 bits per heavy atom. The van der Waals surface area contributed by atoms with Gasteiger partial charge in [-0.15, -0.1) is 10.2 Å². The Morgan fingerprint density at radius 2 is 2.15 bits per heavy atom. The number of hydrogen-bond donors (Lipinski definition) is 0. The van der Waals surface area contributed by atoms with Crippen molar-refractivity contribution < 1.29 is 9.53 Å². The lowest BCUT2D eigenvalue weighted by atomic mass is 10.1. The highest BCUT2D eigenvalue weighted by atomic mass is 32.2. The fourth-order valence-electron chi connectivity index (χ4n) is 1.83. The first-order valence-corrected chi connectivity index (χ1v) is 7.12. The number of benzene rings is 1. The monoisotopic (exact) mass is 291 g/mol. The van der Waals surface area contributed by atoms with Crippen LogP contribution in [-0.4, -0.2) is 33.1 Å². The first-order valence-electron chi connectivity index (χ1n) is 6.24. The number of thioether (sulfide) groups is 1. The fraction of sp³-hybridized carbons (Fsp3) is 0.357. The van der Waals surface area contributed by atoms with Crippen LogP contribution in [0.5, 0.6) is 0 Å². The van der Waals surface area contributed by atoms with Crippen LogP contribution >= 0.6 is 11.8 Å². The van der Waals surface area contributed by atoms with Gasteiger partial charge in [-0.3, -0.25) is 4.79 Å². The van der Waals surface area contributed by atoms with Gasteiger partial charge >= 0.3 is 5.97 Å². The van der Waals surface area contributed by atoms with Gasteiger partial charge in [-0.1, -0.05) is 35.5 Å². The predicted molar refractivity (Wildman–Crippen MR) is 78.5 cm³/mol. The van der Waals surface area contributed by atoms with Crippen molar-refractivity contribution in [2.24, 2.45) is 7.05 Å². The Labute approximate surface area is 122 Å². The van der Waals surface area contributed by atoms with Crippen LogP contribution in [0, 0.1) is 6.92 Å². The summed E-state index contributed by atoms with van der Waals surface area (Å²) in [6.45, 7) is 3.83. The standard InChI is InChI=1S/C14H17N3O2S/c1-9-6-5-7-11(8-9)12-15-16-14(17(12)3)20-10(2)13(18)19-4/h5-8,10H,1-4H3/t10-/m0/s1. The zero-order chi connectivity index (χ0) is 14.7. The van der Waals surface area contributed by atoms with E-state index >= 15 is 0 Å². The molecule has 1 aromatic heterocycles. The van der Waals surface area contributed by atoms with Crippen molar-refractivity contribution in [3.8, 4) is 11.4 Å². The molecule has 0 aliphatic rings. The third-order valence-corrected chi connectivity index (χ3v) is 4.04. The zero-order valence-electron chi connectivity index (χ0n) is 12.0. The molecule has 0 fully saturated rings. The fourth-order valence-corrected chi connectivity index (χ4v) is 2.67. The maximum atomic E-state index is 11.4. The summed E-state index contributed by atoms with van der Waals surface area (Å²) in [5.41, 5.74) is 2.18. The highest BCUT2D eigenvalue weighted by molar-refractivity contribution is 8.00. The second-order valence-electron chi connectivity index (χ2n) is 4.52. The van der Waals surface area contributed by atoms with Gasteiger partial charge in [0.15, 0.2) is 11.0 Å². The summed E-state index contributed by atoms with van der Waals surface area (Å²) in [5, 5.41) is 8.73. The molecular formula is C14H17N3O2S. The number of carbonyl (C=O) groups is 1. The van der Waals surface area contributed by atoms with Crippen molar-refractivity contribution in [2.75, 3.05) is 7.11 Å². The molecule has 0 aliphatic heterocycles. The molecule has 106 valence electrons. The summed E-state index contributed by atoms with van der Waals surface area (Å²) >= 11 is 1.34. The molecule has 1 aromatic carbocycles. The Hall–Kier alpha value is -1.82. The number of aromatic nitrogens is 3. The quantitative estimate of drug-likeness (QED) is 0.639. The summed E-state index contributed by atoms with van der Waals surface area (Å²) in [6.07, 6.45) is 0. The van der Waals surface area contributed by atoms with Gasteiger partial charge < -0.3 is 9.30 Å². The van der Waals surface area contributed by atoms with Gasteiger partial charge in [0, 0.05) is 12.6 Å². The molecule has 1 atom stereocenters. The van der Waals surface area contributed by atoms with Crippen molar-refractivity contribution in [3.05, 3.63) is 29.8 Å². The number of hydrogen-bond acceptors (Lipinski definition) is 5. The summed E-state index contributed by atoms with van der Waals surface area (Å²) < 4.78 is 6.60.